The minimum Gasteiger partial charge on any atom is -0.494 e. The number of hydrogen-bond acceptors (Lipinski definition) is 6. The van der Waals surface area contributed by atoms with Crippen molar-refractivity contribution in [2.24, 2.45) is 0 Å². The lowest BCUT2D eigenvalue weighted by Gasteiger charge is -2.08. The molecule has 0 aliphatic rings. The summed E-state index contributed by atoms with van der Waals surface area (Å²) in [5, 5.41) is 16.5. The van der Waals surface area contributed by atoms with E-state index in [4.69, 9.17) is 4.74 Å². The maximum absolute atomic E-state index is 12.4. The van der Waals surface area contributed by atoms with Crippen LogP contribution in [-0.2, 0) is 6.42 Å². The number of benzene rings is 1. The van der Waals surface area contributed by atoms with E-state index in [2.05, 4.69) is 44.1 Å². The predicted octanol–water partition coefficient (Wildman–Crippen LogP) is 3.14. The normalized spacial score (nSPS) is 10.3. The number of amides is 1. The molecule has 0 atom stereocenters. The molecule has 0 aliphatic carbocycles. The van der Waals surface area contributed by atoms with Crippen LogP contribution in [0.1, 0.15) is 33.9 Å². The summed E-state index contributed by atoms with van der Waals surface area (Å²) in [5.41, 5.74) is 2.03. The van der Waals surface area contributed by atoms with Crippen LogP contribution < -0.4 is 10.1 Å². The molecule has 3 rings (SSSR count). The second-order valence-electron chi connectivity index (χ2n) is 5.84. The Morgan fingerprint density at radius 3 is 2.64 bits per heavy atom. The second kappa shape index (κ2) is 9.22. The number of H-pyrrole nitrogens is 1. The molecule has 1 amide bonds. The Morgan fingerprint density at radius 2 is 1.96 bits per heavy atom. The number of anilines is 1. The Kier molecular flexibility index (Phi) is 6.25. The zero-order valence-electron chi connectivity index (χ0n) is 15.3. The van der Waals surface area contributed by atoms with E-state index < -0.39 is 0 Å². The van der Waals surface area contributed by atoms with Crippen LogP contribution >= 0.6 is 0 Å². The molecule has 8 nitrogen and oxygen atoms in total. The molecule has 0 bridgehead atoms. The van der Waals surface area contributed by atoms with E-state index in [9.17, 15) is 4.79 Å². The number of carbonyl (C=O) groups is 1. The van der Waals surface area contributed by atoms with E-state index in [1.807, 2.05) is 6.07 Å². The van der Waals surface area contributed by atoms with Gasteiger partial charge in [0.05, 0.1) is 12.3 Å². The minimum atomic E-state index is -0.252. The fraction of sp³-hybridized carbons (Fsp3) is 0.150. The molecule has 1 aromatic carbocycles. The quantitative estimate of drug-likeness (QED) is 0.556. The number of pyridine rings is 1. The number of nitrogens with one attached hydrogen (secondary N) is 2. The number of hydrogen-bond donors (Lipinski definition) is 2. The van der Waals surface area contributed by atoms with Gasteiger partial charge in [0.25, 0.3) is 5.91 Å². The molecule has 3 aromatic rings. The summed E-state index contributed by atoms with van der Waals surface area (Å²) >= 11 is 0. The minimum absolute atomic E-state index is 0.252. The first-order valence-electron chi connectivity index (χ1n) is 8.72. The van der Waals surface area contributed by atoms with Crippen molar-refractivity contribution in [1.82, 2.24) is 25.6 Å². The van der Waals surface area contributed by atoms with E-state index in [1.54, 1.807) is 42.5 Å². The molecule has 2 aromatic heterocycles. The van der Waals surface area contributed by atoms with Crippen LogP contribution in [0.2, 0.25) is 0 Å². The summed E-state index contributed by atoms with van der Waals surface area (Å²) in [4.78, 5) is 16.8. The Labute approximate surface area is 162 Å². The average Bonchev–Trinajstić information content (AvgIpc) is 3.25. The van der Waals surface area contributed by atoms with Gasteiger partial charge in [0, 0.05) is 12.0 Å². The van der Waals surface area contributed by atoms with E-state index in [0.29, 0.717) is 41.7 Å². The smallest absolute Gasteiger partial charge is 0.256 e. The summed E-state index contributed by atoms with van der Waals surface area (Å²) in [6, 6.07) is 10.5. The van der Waals surface area contributed by atoms with Crippen LogP contribution in [0.15, 0.2) is 49.6 Å². The molecule has 0 saturated heterocycles. The van der Waals surface area contributed by atoms with E-state index >= 15 is 0 Å². The van der Waals surface area contributed by atoms with Gasteiger partial charge in [-0.1, -0.05) is 24.4 Å². The Hall–Kier alpha value is -3.81. The van der Waals surface area contributed by atoms with Gasteiger partial charge in [-0.3, -0.25) is 4.79 Å². The first-order chi connectivity index (χ1) is 13.7. The van der Waals surface area contributed by atoms with Crippen LogP contribution in [0.25, 0.3) is 12.2 Å². The number of carbonyl (C=O) groups excluding carboxylic acids is 1. The number of aryl methyl sites for hydroxylation is 1. The molecule has 0 spiro atoms. The summed E-state index contributed by atoms with van der Waals surface area (Å²) in [6.45, 7) is 7.97. The van der Waals surface area contributed by atoms with Crippen molar-refractivity contribution in [3.63, 3.8) is 0 Å². The van der Waals surface area contributed by atoms with Gasteiger partial charge in [-0.2, -0.15) is 5.21 Å². The van der Waals surface area contributed by atoms with Gasteiger partial charge in [0.1, 0.15) is 11.6 Å². The van der Waals surface area contributed by atoms with Gasteiger partial charge in [0.2, 0.25) is 0 Å². The highest BCUT2D eigenvalue weighted by Gasteiger charge is 2.08. The van der Waals surface area contributed by atoms with Gasteiger partial charge in [0.15, 0.2) is 5.82 Å². The van der Waals surface area contributed by atoms with Crippen LogP contribution in [-0.4, -0.2) is 38.1 Å². The lowest BCUT2D eigenvalue weighted by Crippen LogP contribution is -2.13. The monoisotopic (exact) mass is 376 g/mol. The molecule has 0 fully saturated rings. The number of nitrogens with zero attached hydrogens (tertiary/aromatic N) is 4. The number of ether oxygens (including phenoxy) is 1. The van der Waals surface area contributed by atoms with Crippen LogP contribution in [0.3, 0.4) is 0 Å². The number of tetrazole rings is 1. The molecule has 28 heavy (non-hydrogen) atoms. The molecular weight excluding hydrogens is 356 g/mol. The highest BCUT2D eigenvalue weighted by atomic mass is 16.5. The topological polar surface area (TPSA) is 106 Å². The fourth-order valence-corrected chi connectivity index (χ4v) is 2.49. The van der Waals surface area contributed by atoms with E-state index in [-0.39, 0.29) is 5.91 Å². The molecule has 142 valence electrons. The molecule has 2 N–H and O–H groups in total. The first kappa shape index (κ1) is 19.0. The Bertz CT molecular complexity index is 951. The SMILES string of the molecule is C=Cc1ccc(NC(=O)c2ccc(OCCCc3nn[nH]n3)cc2)nc1C=C. The Balaban J connectivity index is 1.53. The summed E-state index contributed by atoms with van der Waals surface area (Å²) in [7, 11) is 0. The molecule has 0 unspecified atom stereocenters. The fourth-order valence-electron chi connectivity index (χ4n) is 2.49. The van der Waals surface area contributed by atoms with Crippen LogP contribution in [0.4, 0.5) is 5.82 Å². The van der Waals surface area contributed by atoms with Crippen molar-refractivity contribution in [2.45, 2.75) is 12.8 Å². The highest BCUT2D eigenvalue weighted by Crippen LogP contribution is 2.16. The van der Waals surface area contributed by atoms with E-state index in [1.165, 1.54) is 0 Å². The zero-order valence-corrected chi connectivity index (χ0v) is 15.3. The average molecular weight is 376 g/mol. The zero-order chi connectivity index (χ0) is 19.8. The van der Waals surface area contributed by atoms with Gasteiger partial charge in [-0.05, 0) is 54.5 Å². The van der Waals surface area contributed by atoms with Crippen LogP contribution in [0.5, 0.6) is 5.75 Å². The largest absolute Gasteiger partial charge is 0.494 e. The highest BCUT2D eigenvalue weighted by molar-refractivity contribution is 6.03. The lowest BCUT2D eigenvalue weighted by atomic mass is 10.2. The third kappa shape index (κ3) is 4.88. The molecule has 0 saturated carbocycles. The summed E-state index contributed by atoms with van der Waals surface area (Å²) in [6.07, 6.45) is 4.76. The maximum Gasteiger partial charge on any atom is 0.256 e. The first-order valence-corrected chi connectivity index (χ1v) is 8.72. The van der Waals surface area contributed by atoms with Crippen molar-refractivity contribution in [3.05, 3.63) is 72.2 Å². The predicted molar refractivity (Wildman–Crippen MR) is 107 cm³/mol. The second-order valence-corrected chi connectivity index (χ2v) is 5.84. The Morgan fingerprint density at radius 1 is 1.14 bits per heavy atom. The summed E-state index contributed by atoms with van der Waals surface area (Å²) < 4.78 is 5.66. The molecule has 0 radical (unpaired) electrons. The summed E-state index contributed by atoms with van der Waals surface area (Å²) in [5.74, 6) is 1.54. The molecule has 2 heterocycles. The van der Waals surface area contributed by atoms with Crippen molar-refractivity contribution < 1.29 is 9.53 Å². The lowest BCUT2D eigenvalue weighted by molar-refractivity contribution is 0.102. The molecule has 8 heteroatoms. The van der Waals surface area contributed by atoms with Crippen molar-refractivity contribution in [3.8, 4) is 5.75 Å². The van der Waals surface area contributed by atoms with Gasteiger partial charge >= 0.3 is 0 Å². The molecular formula is C20H20N6O2. The molecule has 0 aliphatic heterocycles. The van der Waals surface area contributed by atoms with Gasteiger partial charge in [-0.25, -0.2) is 4.98 Å². The van der Waals surface area contributed by atoms with E-state index in [0.717, 1.165) is 12.0 Å². The number of rotatable bonds is 9. The van der Waals surface area contributed by atoms with Crippen molar-refractivity contribution >= 4 is 23.9 Å². The van der Waals surface area contributed by atoms with Crippen molar-refractivity contribution in [2.75, 3.05) is 11.9 Å². The van der Waals surface area contributed by atoms with Gasteiger partial charge in [-0.15, -0.1) is 10.2 Å². The van der Waals surface area contributed by atoms with Crippen molar-refractivity contribution in [1.29, 1.82) is 0 Å². The standard InChI is InChI=1S/C20H20N6O2/c1-3-14-9-12-18(21-17(14)4-2)22-20(27)15-7-10-16(11-8-15)28-13-5-6-19-23-25-26-24-19/h3-4,7-12H,1-2,5-6,13H2,(H,21,22,27)(H,23,24,25,26). The van der Waals surface area contributed by atoms with Gasteiger partial charge < -0.3 is 10.1 Å². The third-order valence-electron chi connectivity index (χ3n) is 3.93. The number of aromatic amines is 1. The number of aromatic nitrogens is 5. The maximum atomic E-state index is 12.4. The third-order valence-corrected chi connectivity index (χ3v) is 3.93. The van der Waals surface area contributed by atoms with Crippen LogP contribution in [0, 0.1) is 0 Å².